The van der Waals surface area contributed by atoms with E-state index in [1.165, 1.54) is 18.3 Å². The second kappa shape index (κ2) is 8.26. The molecule has 0 bridgehead atoms. The standard InChI is InChI=1S/C20H19N5O3/c1-14-10-15(2)24(23-14)13-16-6-8-18(9-7-16)20(26)22-21-12-17-4-3-5-19(11-17)25(27)28/h3-12H,13H2,1-2H3,(H,22,26)/b21-12+. The van der Waals surface area contributed by atoms with Crippen LogP contribution in [-0.4, -0.2) is 26.8 Å². The van der Waals surface area contributed by atoms with Gasteiger partial charge in [0.05, 0.1) is 23.4 Å². The van der Waals surface area contributed by atoms with Gasteiger partial charge in [0.25, 0.3) is 11.6 Å². The zero-order valence-corrected chi connectivity index (χ0v) is 15.5. The van der Waals surface area contributed by atoms with Crippen molar-refractivity contribution in [2.24, 2.45) is 5.10 Å². The van der Waals surface area contributed by atoms with E-state index in [0.29, 0.717) is 17.7 Å². The molecular weight excluding hydrogens is 358 g/mol. The van der Waals surface area contributed by atoms with E-state index in [2.05, 4.69) is 15.6 Å². The molecule has 1 N–H and O–H groups in total. The number of nitro groups is 1. The highest BCUT2D eigenvalue weighted by atomic mass is 16.6. The quantitative estimate of drug-likeness (QED) is 0.405. The van der Waals surface area contributed by atoms with Gasteiger partial charge in [0, 0.05) is 29.0 Å². The Kier molecular flexibility index (Phi) is 5.59. The molecule has 0 aliphatic heterocycles. The summed E-state index contributed by atoms with van der Waals surface area (Å²) in [5.74, 6) is -0.362. The third-order valence-electron chi connectivity index (χ3n) is 4.11. The number of carbonyl (C=O) groups excluding carboxylic acids is 1. The van der Waals surface area contributed by atoms with E-state index in [0.717, 1.165) is 17.0 Å². The van der Waals surface area contributed by atoms with Crippen LogP contribution in [0, 0.1) is 24.0 Å². The first-order valence-corrected chi connectivity index (χ1v) is 8.60. The molecule has 0 fully saturated rings. The van der Waals surface area contributed by atoms with Crippen molar-refractivity contribution in [3.8, 4) is 0 Å². The maximum absolute atomic E-state index is 12.2. The lowest BCUT2D eigenvalue weighted by Gasteiger charge is -2.06. The Morgan fingerprint density at radius 1 is 1.21 bits per heavy atom. The van der Waals surface area contributed by atoms with E-state index in [9.17, 15) is 14.9 Å². The van der Waals surface area contributed by atoms with Crippen molar-refractivity contribution in [3.05, 3.63) is 92.8 Å². The third kappa shape index (κ3) is 4.67. The molecule has 1 aromatic heterocycles. The number of benzene rings is 2. The molecule has 3 aromatic rings. The lowest BCUT2D eigenvalue weighted by atomic mass is 10.1. The molecule has 1 heterocycles. The van der Waals surface area contributed by atoms with Crippen molar-refractivity contribution in [2.45, 2.75) is 20.4 Å². The van der Waals surface area contributed by atoms with Crippen LogP contribution in [0.5, 0.6) is 0 Å². The molecule has 0 saturated heterocycles. The highest BCUT2D eigenvalue weighted by Gasteiger charge is 2.07. The molecule has 0 saturated carbocycles. The molecule has 0 unspecified atom stereocenters. The smallest absolute Gasteiger partial charge is 0.267 e. The van der Waals surface area contributed by atoms with E-state index in [4.69, 9.17) is 0 Å². The lowest BCUT2D eigenvalue weighted by Crippen LogP contribution is -2.17. The van der Waals surface area contributed by atoms with Crippen LogP contribution in [0.3, 0.4) is 0 Å². The van der Waals surface area contributed by atoms with Crippen LogP contribution in [0.4, 0.5) is 5.69 Å². The van der Waals surface area contributed by atoms with Crippen LogP contribution < -0.4 is 5.43 Å². The summed E-state index contributed by atoms with van der Waals surface area (Å²) in [6.07, 6.45) is 1.36. The van der Waals surface area contributed by atoms with Crippen molar-refractivity contribution in [3.63, 3.8) is 0 Å². The molecule has 0 spiro atoms. The lowest BCUT2D eigenvalue weighted by molar-refractivity contribution is -0.384. The fourth-order valence-corrected chi connectivity index (χ4v) is 2.72. The number of nitro benzene ring substituents is 1. The van der Waals surface area contributed by atoms with Gasteiger partial charge in [0.2, 0.25) is 0 Å². The summed E-state index contributed by atoms with van der Waals surface area (Å²) in [5.41, 5.74) is 6.45. The van der Waals surface area contributed by atoms with Gasteiger partial charge in [-0.1, -0.05) is 24.3 Å². The molecule has 3 rings (SSSR count). The molecule has 0 atom stereocenters. The largest absolute Gasteiger partial charge is 0.271 e. The van der Waals surface area contributed by atoms with E-state index in [1.54, 1.807) is 24.3 Å². The van der Waals surface area contributed by atoms with Gasteiger partial charge >= 0.3 is 0 Å². The van der Waals surface area contributed by atoms with E-state index in [1.807, 2.05) is 36.7 Å². The predicted octanol–water partition coefficient (Wildman–Crippen LogP) is 3.22. The number of carbonyl (C=O) groups is 1. The van der Waals surface area contributed by atoms with Gasteiger partial charge in [-0.25, -0.2) is 5.43 Å². The summed E-state index contributed by atoms with van der Waals surface area (Å²) in [6, 6.07) is 15.2. The van der Waals surface area contributed by atoms with E-state index < -0.39 is 4.92 Å². The minimum atomic E-state index is -0.483. The Labute approximate surface area is 161 Å². The van der Waals surface area contributed by atoms with Gasteiger partial charge in [-0.2, -0.15) is 10.2 Å². The summed E-state index contributed by atoms with van der Waals surface area (Å²) < 4.78 is 1.91. The highest BCUT2D eigenvalue weighted by molar-refractivity contribution is 5.94. The van der Waals surface area contributed by atoms with Crippen molar-refractivity contribution in [2.75, 3.05) is 0 Å². The Hall–Kier alpha value is -3.81. The molecule has 1 amide bonds. The highest BCUT2D eigenvalue weighted by Crippen LogP contribution is 2.12. The summed E-state index contributed by atoms with van der Waals surface area (Å²) in [4.78, 5) is 22.5. The first-order chi connectivity index (χ1) is 13.4. The number of non-ortho nitro benzene ring substituents is 1. The SMILES string of the molecule is Cc1cc(C)n(Cc2ccc(C(=O)N/N=C/c3cccc([N+](=O)[O-])c3)cc2)n1. The van der Waals surface area contributed by atoms with Crippen LogP contribution in [0.15, 0.2) is 59.7 Å². The van der Waals surface area contributed by atoms with Crippen LogP contribution in [0.2, 0.25) is 0 Å². The zero-order valence-electron chi connectivity index (χ0n) is 15.5. The number of aryl methyl sites for hydroxylation is 2. The number of hydrazone groups is 1. The second-order valence-corrected chi connectivity index (χ2v) is 6.33. The van der Waals surface area contributed by atoms with Crippen LogP contribution in [0.1, 0.15) is 32.9 Å². The topological polar surface area (TPSA) is 102 Å². The number of rotatable bonds is 6. The molecule has 142 valence electrons. The molecule has 0 aliphatic carbocycles. The van der Waals surface area contributed by atoms with Gasteiger partial charge in [0.15, 0.2) is 0 Å². The minimum Gasteiger partial charge on any atom is -0.267 e. The van der Waals surface area contributed by atoms with Gasteiger partial charge in [0.1, 0.15) is 0 Å². The van der Waals surface area contributed by atoms with E-state index >= 15 is 0 Å². The summed E-state index contributed by atoms with van der Waals surface area (Å²) >= 11 is 0. The first-order valence-electron chi connectivity index (χ1n) is 8.60. The normalized spacial score (nSPS) is 10.9. The molecule has 0 radical (unpaired) electrons. The van der Waals surface area contributed by atoms with Gasteiger partial charge in [-0.3, -0.25) is 19.6 Å². The Morgan fingerprint density at radius 2 is 1.96 bits per heavy atom. The monoisotopic (exact) mass is 377 g/mol. The molecule has 2 aromatic carbocycles. The van der Waals surface area contributed by atoms with E-state index in [-0.39, 0.29) is 11.6 Å². The predicted molar refractivity (Wildman–Crippen MR) is 105 cm³/mol. The summed E-state index contributed by atoms with van der Waals surface area (Å²) in [7, 11) is 0. The number of hydrogen-bond donors (Lipinski definition) is 1. The molecule has 8 heteroatoms. The molecule has 0 aliphatic rings. The number of hydrogen-bond acceptors (Lipinski definition) is 5. The zero-order chi connectivity index (χ0) is 20.1. The van der Waals surface area contributed by atoms with Crippen LogP contribution >= 0.6 is 0 Å². The van der Waals surface area contributed by atoms with Crippen LogP contribution in [0.25, 0.3) is 0 Å². The van der Waals surface area contributed by atoms with Crippen LogP contribution in [-0.2, 0) is 6.54 Å². The molecule has 8 nitrogen and oxygen atoms in total. The Balaban J connectivity index is 1.61. The fraction of sp³-hybridized carbons (Fsp3) is 0.150. The second-order valence-electron chi connectivity index (χ2n) is 6.33. The number of nitrogens with zero attached hydrogens (tertiary/aromatic N) is 4. The van der Waals surface area contributed by atoms with Crippen molar-refractivity contribution < 1.29 is 9.72 Å². The van der Waals surface area contributed by atoms with Gasteiger partial charge in [-0.15, -0.1) is 0 Å². The minimum absolute atomic E-state index is 0.0338. The van der Waals surface area contributed by atoms with Crippen molar-refractivity contribution >= 4 is 17.8 Å². The van der Waals surface area contributed by atoms with Gasteiger partial charge in [-0.05, 0) is 37.6 Å². The van der Waals surface area contributed by atoms with Crippen molar-refractivity contribution in [1.29, 1.82) is 0 Å². The third-order valence-corrected chi connectivity index (χ3v) is 4.11. The maximum atomic E-state index is 12.2. The summed E-state index contributed by atoms with van der Waals surface area (Å²) in [6.45, 7) is 4.58. The number of nitrogens with one attached hydrogen (secondary N) is 1. The average Bonchev–Trinajstić information content (AvgIpc) is 2.99. The molecular formula is C20H19N5O3. The Morgan fingerprint density at radius 3 is 2.61 bits per heavy atom. The average molecular weight is 377 g/mol. The first kappa shape index (κ1) is 19.0. The van der Waals surface area contributed by atoms with Gasteiger partial charge < -0.3 is 0 Å². The molecule has 28 heavy (non-hydrogen) atoms. The Bertz CT molecular complexity index is 1040. The summed E-state index contributed by atoms with van der Waals surface area (Å²) in [5, 5.41) is 19.1. The maximum Gasteiger partial charge on any atom is 0.271 e. The van der Waals surface area contributed by atoms with Crippen molar-refractivity contribution in [1.82, 2.24) is 15.2 Å². The fourth-order valence-electron chi connectivity index (χ4n) is 2.72. The number of amides is 1. The number of aromatic nitrogens is 2.